The number of ether oxygens (including phenoxy) is 1. The minimum Gasteiger partial charge on any atom is -0.444 e. The van der Waals surface area contributed by atoms with Crippen LogP contribution in [0.25, 0.3) is 0 Å². The maximum absolute atomic E-state index is 12.9. The van der Waals surface area contributed by atoms with Gasteiger partial charge in [0.05, 0.1) is 5.56 Å². The van der Waals surface area contributed by atoms with Crippen molar-refractivity contribution < 1.29 is 27.5 Å². The number of halogens is 3. The molecule has 1 aliphatic heterocycles. The third kappa shape index (κ3) is 8.97. The third-order valence-corrected chi connectivity index (χ3v) is 7.59. The smallest absolute Gasteiger partial charge is 0.416 e. The molecule has 9 heteroatoms. The number of likely N-dealkylation sites (tertiary alicyclic amines) is 1. The van der Waals surface area contributed by atoms with Gasteiger partial charge in [0.2, 0.25) is 0 Å². The lowest BCUT2D eigenvalue weighted by atomic mass is 9.90. The molecule has 1 saturated carbocycles. The van der Waals surface area contributed by atoms with E-state index in [4.69, 9.17) is 4.74 Å². The van der Waals surface area contributed by atoms with Gasteiger partial charge in [-0.1, -0.05) is 24.5 Å². The van der Waals surface area contributed by atoms with Crippen molar-refractivity contribution in [2.24, 2.45) is 5.92 Å². The van der Waals surface area contributed by atoms with Crippen molar-refractivity contribution in [3.8, 4) is 11.8 Å². The van der Waals surface area contributed by atoms with E-state index in [-0.39, 0.29) is 29.9 Å². The minimum absolute atomic E-state index is 0.0347. The maximum Gasteiger partial charge on any atom is 0.416 e. The van der Waals surface area contributed by atoms with Crippen LogP contribution in [0.5, 0.6) is 0 Å². The molecule has 0 radical (unpaired) electrons. The Kier molecular flexibility index (Phi) is 9.62. The van der Waals surface area contributed by atoms with Crippen LogP contribution in [0.1, 0.15) is 98.8 Å². The summed E-state index contributed by atoms with van der Waals surface area (Å²) in [6.07, 6.45) is 2.76. The van der Waals surface area contributed by atoms with Crippen molar-refractivity contribution in [1.82, 2.24) is 15.2 Å². The number of piperidine rings is 1. The highest BCUT2D eigenvalue weighted by Gasteiger charge is 2.31. The Morgan fingerprint density at radius 3 is 2.34 bits per heavy atom. The minimum atomic E-state index is -4.32. The molecule has 2 aliphatic rings. The number of carbonyl (C=O) groups is 2. The van der Waals surface area contributed by atoms with E-state index in [2.05, 4.69) is 22.1 Å². The zero-order valence-electron chi connectivity index (χ0n) is 23.9. The van der Waals surface area contributed by atoms with E-state index in [0.717, 1.165) is 37.7 Å². The second kappa shape index (κ2) is 13.0. The molecule has 2 heterocycles. The van der Waals surface area contributed by atoms with Gasteiger partial charge in [-0.15, -0.1) is 0 Å². The molecule has 0 spiro atoms. The molecule has 4 rings (SSSR count). The van der Waals surface area contributed by atoms with Crippen LogP contribution in [0.15, 0.2) is 42.6 Å². The van der Waals surface area contributed by atoms with Gasteiger partial charge in [-0.3, -0.25) is 4.79 Å². The fourth-order valence-electron chi connectivity index (χ4n) is 5.34. The summed E-state index contributed by atoms with van der Waals surface area (Å²) >= 11 is 0. The Labute approximate surface area is 240 Å². The van der Waals surface area contributed by atoms with Crippen molar-refractivity contribution in [2.75, 3.05) is 13.1 Å². The molecule has 2 aromatic rings. The molecule has 2 unspecified atom stereocenters. The SMILES string of the molecule is CC(C)(C)OC(=O)N1CCC(NC(=O)c2ccnc(C#CC3CCCC(c4ccc(C(F)(F)F)cc4)CC3)c2)CC1. The summed E-state index contributed by atoms with van der Waals surface area (Å²) in [7, 11) is 0. The van der Waals surface area contributed by atoms with Gasteiger partial charge < -0.3 is 15.0 Å². The van der Waals surface area contributed by atoms with Gasteiger partial charge in [0, 0.05) is 36.8 Å². The fourth-order valence-corrected chi connectivity index (χ4v) is 5.34. The summed E-state index contributed by atoms with van der Waals surface area (Å²) in [6.45, 7) is 6.56. The average molecular weight is 570 g/mol. The van der Waals surface area contributed by atoms with Crippen molar-refractivity contribution in [3.05, 3.63) is 65.0 Å². The van der Waals surface area contributed by atoms with Gasteiger partial charge in [0.25, 0.3) is 5.91 Å². The van der Waals surface area contributed by atoms with Gasteiger partial charge in [0.1, 0.15) is 11.3 Å². The largest absolute Gasteiger partial charge is 0.444 e. The molecule has 2 atom stereocenters. The number of nitrogens with zero attached hydrogens (tertiary/aromatic N) is 2. The molecule has 220 valence electrons. The number of nitrogens with one attached hydrogen (secondary N) is 1. The van der Waals surface area contributed by atoms with Gasteiger partial charge in [0.15, 0.2) is 0 Å². The number of aromatic nitrogens is 1. The van der Waals surface area contributed by atoms with Gasteiger partial charge in [-0.25, -0.2) is 9.78 Å². The zero-order chi connectivity index (χ0) is 29.6. The summed E-state index contributed by atoms with van der Waals surface area (Å²) in [4.78, 5) is 31.2. The number of pyridine rings is 1. The molecule has 1 saturated heterocycles. The first-order valence-electron chi connectivity index (χ1n) is 14.3. The topological polar surface area (TPSA) is 71.5 Å². The zero-order valence-corrected chi connectivity index (χ0v) is 23.9. The Balaban J connectivity index is 1.28. The lowest BCUT2D eigenvalue weighted by molar-refractivity contribution is -0.137. The normalized spacial score (nSPS) is 20.4. The predicted octanol–water partition coefficient (Wildman–Crippen LogP) is 6.95. The summed E-state index contributed by atoms with van der Waals surface area (Å²) < 4.78 is 44.1. The summed E-state index contributed by atoms with van der Waals surface area (Å²) in [6, 6.07) is 8.86. The molecular weight excluding hydrogens is 531 g/mol. The highest BCUT2D eigenvalue weighted by molar-refractivity contribution is 5.94. The first-order chi connectivity index (χ1) is 19.4. The van der Waals surface area contributed by atoms with E-state index in [9.17, 15) is 22.8 Å². The van der Waals surface area contributed by atoms with E-state index < -0.39 is 17.3 Å². The van der Waals surface area contributed by atoms with E-state index in [1.165, 1.54) is 12.1 Å². The highest BCUT2D eigenvalue weighted by atomic mass is 19.4. The van der Waals surface area contributed by atoms with Crippen molar-refractivity contribution >= 4 is 12.0 Å². The lowest BCUT2D eigenvalue weighted by Gasteiger charge is -2.33. The van der Waals surface area contributed by atoms with E-state index >= 15 is 0 Å². The summed E-state index contributed by atoms with van der Waals surface area (Å²) in [5, 5.41) is 3.06. The second-order valence-electron chi connectivity index (χ2n) is 11.9. The predicted molar refractivity (Wildman–Crippen MR) is 150 cm³/mol. The molecule has 1 aromatic carbocycles. The van der Waals surface area contributed by atoms with Crippen molar-refractivity contribution in [3.63, 3.8) is 0 Å². The Morgan fingerprint density at radius 1 is 0.976 bits per heavy atom. The molecule has 6 nitrogen and oxygen atoms in total. The highest BCUT2D eigenvalue weighted by Crippen LogP contribution is 2.36. The second-order valence-corrected chi connectivity index (χ2v) is 11.9. The van der Waals surface area contributed by atoms with Crippen LogP contribution in [-0.2, 0) is 10.9 Å². The molecule has 2 fully saturated rings. The van der Waals surface area contributed by atoms with Gasteiger partial charge in [-0.2, -0.15) is 13.2 Å². The van der Waals surface area contributed by atoms with Gasteiger partial charge in [-0.05, 0) is 101 Å². The van der Waals surface area contributed by atoms with Crippen LogP contribution in [0.3, 0.4) is 0 Å². The van der Waals surface area contributed by atoms with Crippen LogP contribution in [0.4, 0.5) is 18.0 Å². The number of hydrogen-bond acceptors (Lipinski definition) is 4. The first kappa shape index (κ1) is 30.4. The fraction of sp³-hybridized carbons (Fsp3) is 0.531. The number of carbonyl (C=O) groups excluding carboxylic acids is 2. The maximum atomic E-state index is 12.9. The van der Waals surface area contributed by atoms with Crippen LogP contribution in [0, 0.1) is 17.8 Å². The molecule has 1 aliphatic carbocycles. The molecule has 0 bridgehead atoms. The summed E-state index contributed by atoms with van der Waals surface area (Å²) in [5.74, 6) is 6.65. The number of amides is 2. The quantitative estimate of drug-likeness (QED) is 0.321. The van der Waals surface area contributed by atoms with Crippen LogP contribution < -0.4 is 5.32 Å². The number of rotatable bonds is 3. The first-order valence-corrected chi connectivity index (χ1v) is 14.3. The monoisotopic (exact) mass is 569 g/mol. The van der Waals surface area contributed by atoms with Crippen molar-refractivity contribution in [1.29, 1.82) is 0 Å². The Morgan fingerprint density at radius 2 is 1.68 bits per heavy atom. The summed E-state index contributed by atoms with van der Waals surface area (Å²) in [5.41, 5.74) is 0.800. The third-order valence-electron chi connectivity index (χ3n) is 7.59. The van der Waals surface area contributed by atoms with E-state index in [1.807, 2.05) is 20.8 Å². The number of hydrogen-bond donors (Lipinski definition) is 1. The van der Waals surface area contributed by atoms with Gasteiger partial charge >= 0.3 is 12.3 Å². The number of benzene rings is 1. The lowest BCUT2D eigenvalue weighted by Crippen LogP contribution is -2.47. The van der Waals surface area contributed by atoms with Crippen LogP contribution >= 0.6 is 0 Å². The molecule has 2 amide bonds. The average Bonchev–Trinajstić information content (AvgIpc) is 3.17. The van der Waals surface area contributed by atoms with Crippen LogP contribution in [0.2, 0.25) is 0 Å². The Hall–Kier alpha value is -3.54. The Bertz CT molecular complexity index is 1270. The number of alkyl halides is 3. The van der Waals surface area contributed by atoms with E-state index in [0.29, 0.717) is 37.2 Å². The van der Waals surface area contributed by atoms with Crippen molar-refractivity contribution in [2.45, 2.75) is 89.5 Å². The molecular formula is C32H38F3N3O3. The van der Waals surface area contributed by atoms with Crippen LogP contribution in [-0.4, -0.2) is 46.6 Å². The molecule has 1 N–H and O–H groups in total. The molecule has 1 aromatic heterocycles. The van der Waals surface area contributed by atoms with E-state index in [1.54, 1.807) is 35.4 Å². The standard InChI is InChI=1S/C32H38F3N3O3/c1-31(2,3)41-30(40)38-19-16-27(17-20-38)37-29(39)25-15-18-36-28(21-25)14-8-22-5-4-6-23(9-7-22)24-10-12-26(13-11-24)32(33,34)35/h10-13,15,18,21-23,27H,4-7,9,16-17,19-20H2,1-3H3,(H,37,39). The molecule has 41 heavy (non-hydrogen) atoms.